The second kappa shape index (κ2) is 11.8. The van der Waals surface area contributed by atoms with E-state index in [1.54, 1.807) is 47.0 Å². The van der Waals surface area contributed by atoms with Crippen molar-refractivity contribution in [1.82, 2.24) is 4.90 Å². The molecule has 0 bridgehead atoms. The van der Waals surface area contributed by atoms with E-state index in [0.717, 1.165) is 23.1 Å². The molecule has 3 rings (SSSR count). The van der Waals surface area contributed by atoms with Crippen LogP contribution < -0.4 is 0 Å². The maximum absolute atomic E-state index is 13.0. The Morgan fingerprint density at radius 3 is 2.64 bits per heavy atom. The molecular formula is C24H28BrNO6S. The summed E-state index contributed by atoms with van der Waals surface area (Å²) in [4.78, 5) is 51.2. The summed E-state index contributed by atoms with van der Waals surface area (Å²) in [5, 5.41) is -0.0737. The highest BCUT2D eigenvalue weighted by atomic mass is 79.9. The van der Waals surface area contributed by atoms with Crippen molar-refractivity contribution in [1.29, 1.82) is 0 Å². The molecule has 4 atom stereocenters. The van der Waals surface area contributed by atoms with Gasteiger partial charge in [-0.05, 0) is 37.1 Å². The van der Waals surface area contributed by atoms with Crippen molar-refractivity contribution in [2.75, 3.05) is 19.5 Å². The Morgan fingerprint density at radius 1 is 1.24 bits per heavy atom. The lowest BCUT2D eigenvalue weighted by Crippen LogP contribution is -2.62. The SMILES string of the molecule is CCCCSC1CC2C(C/C=C/C(=O)OC)C(=O)N2C1C(=O)OCC(=O)c1ccc(Br)cc1. The molecule has 0 N–H and O–H groups in total. The third kappa shape index (κ3) is 6.06. The number of carbonyl (C=O) groups is 4. The third-order valence-corrected chi connectivity index (χ3v) is 7.88. The van der Waals surface area contributed by atoms with Crippen LogP contribution in [0.5, 0.6) is 0 Å². The van der Waals surface area contributed by atoms with E-state index in [0.29, 0.717) is 18.4 Å². The molecule has 1 aromatic carbocycles. The van der Waals surface area contributed by atoms with E-state index < -0.39 is 18.0 Å². The number of nitrogens with zero attached hydrogens (tertiary/aromatic N) is 1. The van der Waals surface area contributed by atoms with Crippen LogP contribution in [-0.2, 0) is 23.9 Å². The number of hydrogen-bond donors (Lipinski definition) is 0. The van der Waals surface area contributed by atoms with Gasteiger partial charge in [-0.1, -0.05) is 47.5 Å². The molecule has 2 saturated heterocycles. The molecule has 0 spiro atoms. The Morgan fingerprint density at radius 2 is 1.97 bits per heavy atom. The van der Waals surface area contributed by atoms with Gasteiger partial charge in [0.1, 0.15) is 6.04 Å². The van der Waals surface area contributed by atoms with E-state index in [1.807, 2.05) is 0 Å². The first-order valence-electron chi connectivity index (χ1n) is 11.0. The van der Waals surface area contributed by atoms with Crippen LogP contribution in [-0.4, -0.2) is 65.3 Å². The molecule has 0 radical (unpaired) electrons. The lowest BCUT2D eigenvalue weighted by molar-refractivity contribution is -0.165. The summed E-state index contributed by atoms with van der Waals surface area (Å²) < 4.78 is 10.8. The van der Waals surface area contributed by atoms with Crippen LogP contribution >= 0.6 is 27.7 Å². The number of hydrogen-bond acceptors (Lipinski definition) is 7. The molecule has 33 heavy (non-hydrogen) atoms. The minimum Gasteiger partial charge on any atom is -0.466 e. The number of fused-ring (bicyclic) bond motifs is 1. The van der Waals surface area contributed by atoms with Gasteiger partial charge in [-0.15, -0.1) is 0 Å². The number of allylic oxidation sites excluding steroid dienone is 1. The van der Waals surface area contributed by atoms with Gasteiger partial charge >= 0.3 is 11.9 Å². The van der Waals surface area contributed by atoms with Crippen molar-refractivity contribution in [3.63, 3.8) is 0 Å². The molecule has 178 valence electrons. The van der Waals surface area contributed by atoms with Crippen LogP contribution in [0.15, 0.2) is 40.9 Å². The average molecular weight is 538 g/mol. The Hall–Kier alpha value is -2.13. The van der Waals surface area contributed by atoms with E-state index in [4.69, 9.17) is 4.74 Å². The minimum atomic E-state index is -0.692. The number of benzene rings is 1. The van der Waals surface area contributed by atoms with Crippen LogP contribution in [0.4, 0.5) is 0 Å². The van der Waals surface area contributed by atoms with E-state index >= 15 is 0 Å². The quantitative estimate of drug-likeness (QED) is 0.139. The third-order valence-electron chi connectivity index (χ3n) is 5.95. The number of ketones is 1. The highest BCUT2D eigenvalue weighted by molar-refractivity contribution is 9.10. The highest BCUT2D eigenvalue weighted by Crippen LogP contribution is 2.46. The number of unbranched alkanes of at least 4 members (excludes halogenated alkanes) is 1. The zero-order chi connectivity index (χ0) is 24.0. The number of esters is 2. The van der Waals surface area contributed by atoms with Gasteiger partial charge in [0.2, 0.25) is 5.91 Å². The van der Waals surface area contributed by atoms with Crippen molar-refractivity contribution in [3.8, 4) is 0 Å². The predicted octanol–water partition coefficient (Wildman–Crippen LogP) is 3.80. The number of amides is 1. The molecule has 2 aliphatic rings. The molecule has 0 aliphatic carbocycles. The summed E-state index contributed by atoms with van der Waals surface area (Å²) in [5.74, 6) is -0.772. The van der Waals surface area contributed by atoms with Gasteiger partial charge in [0.05, 0.1) is 13.0 Å². The highest BCUT2D eigenvalue weighted by Gasteiger charge is 2.59. The van der Waals surface area contributed by atoms with E-state index in [2.05, 4.69) is 27.6 Å². The first kappa shape index (κ1) is 25.5. The molecule has 2 aliphatic heterocycles. The fourth-order valence-corrected chi connectivity index (χ4v) is 5.96. The fraction of sp³-hybridized carbons (Fsp3) is 0.500. The number of carbonyl (C=O) groups excluding carboxylic acids is 4. The Kier molecular flexibility index (Phi) is 9.14. The molecule has 0 saturated carbocycles. The summed E-state index contributed by atoms with van der Waals surface area (Å²) in [7, 11) is 1.30. The van der Waals surface area contributed by atoms with E-state index in [1.165, 1.54) is 13.2 Å². The largest absolute Gasteiger partial charge is 0.466 e. The maximum Gasteiger partial charge on any atom is 0.330 e. The van der Waals surface area contributed by atoms with Gasteiger partial charge in [-0.3, -0.25) is 9.59 Å². The minimum absolute atomic E-state index is 0.0707. The zero-order valence-electron chi connectivity index (χ0n) is 18.7. The molecule has 0 aromatic heterocycles. The van der Waals surface area contributed by atoms with Crippen LogP contribution in [0.3, 0.4) is 0 Å². The summed E-state index contributed by atoms with van der Waals surface area (Å²) in [6.07, 6.45) is 6.15. The van der Waals surface area contributed by atoms with Crippen molar-refractivity contribution in [3.05, 3.63) is 46.5 Å². The number of ether oxygens (including phenoxy) is 2. The van der Waals surface area contributed by atoms with Gasteiger partial charge in [-0.25, -0.2) is 9.59 Å². The van der Waals surface area contributed by atoms with Crippen LogP contribution in [0, 0.1) is 5.92 Å². The normalized spacial score (nSPS) is 23.8. The Bertz CT molecular complexity index is 918. The van der Waals surface area contributed by atoms with Gasteiger partial charge in [0, 0.05) is 27.4 Å². The van der Waals surface area contributed by atoms with Gasteiger partial charge < -0.3 is 14.4 Å². The van der Waals surface area contributed by atoms with Gasteiger partial charge in [0.25, 0.3) is 0 Å². The Labute approximate surface area is 206 Å². The average Bonchev–Trinajstić information content (AvgIpc) is 3.15. The summed E-state index contributed by atoms with van der Waals surface area (Å²) >= 11 is 5.01. The molecule has 2 fully saturated rings. The molecule has 9 heteroatoms. The standard InChI is InChI=1S/C24H28BrNO6S/c1-3-4-12-33-20-13-18-17(6-5-7-21(28)31-2)23(29)26(18)22(20)24(30)32-14-19(27)15-8-10-16(25)11-9-15/h5,7-11,17-18,20,22H,3-4,6,12-14H2,1-2H3/b7-5+. The van der Waals surface area contributed by atoms with Crippen molar-refractivity contribution in [2.45, 2.75) is 49.9 Å². The van der Waals surface area contributed by atoms with Crippen LogP contribution in [0.25, 0.3) is 0 Å². The summed E-state index contributed by atoms with van der Waals surface area (Å²) in [6.45, 7) is 1.75. The monoisotopic (exact) mass is 537 g/mol. The second-order valence-electron chi connectivity index (χ2n) is 8.06. The molecule has 4 unspecified atom stereocenters. The number of Topliss-reactive ketones (excluding diaryl/α,β-unsaturated/α-hetero) is 1. The van der Waals surface area contributed by atoms with Crippen LogP contribution in [0.2, 0.25) is 0 Å². The molecule has 1 aromatic rings. The summed E-state index contributed by atoms with van der Waals surface area (Å²) in [5.41, 5.74) is 0.460. The van der Waals surface area contributed by atoms with Crippen molar-refractivity contribution < 1.29 is 28.7 Å². The Balaban J connectivity index is 1.64. The molecule has 1 amide bonds. The number of halogens is 1. The van der Waals surface area contributed by atoms with Gasteiger partial charge in [-0.2, -0.15) is 11.8 Å². The molecular weight excluding hydrogens is 510 g/mol. The molecule has 2 heterocycles. The number of rotatable bonds is 11. The first-order valence-corrected chi connectivity index (χ1v) is 12.8. The molecule has 7 nitrogen and oxygen atoms in total. The number of thioether (sulfide) groups is 1. The number of β-lactam (4-membered cyclic amide) rings is 1. The lowest BCUT2D eigenvalue weighted by atomic mass is 9.85. The lowest BCUT2D eigenvalue weighted by Gasteiger charge is -2.44. The topological polar surface area (TPSA) is 90.0 Å². The first-order chi connectivity index (χ1) is 15.9. The second-order valence-corrected chi connectivity index (χ2v) is 10.3. The van der Waals surface area contributed by atoms with Crippen molar-refractivity contribution >= 4 is 51.3 Å². The zero-order valence-corrected chi connectivity index (χ0v) is 21.1. The van der Waals surface area contributed by atoms with Crippen molar-refractivity contribution in [2.24, 2.45) is 5.92 Å². The van der Waals surface area contributed by atoms with E-state index in [9.17, 15) is 19.2 Å². The maximum atomic E-state index is 13.0. The van der Waals surface area contributed by atoms with Crippen LogP contribution in [0.1, 0.15) is 43.0 Å². The summed E-state index contributed by atoms with van der Waals surface area (Å²) in [6, 6.07) is 6.08. The predicted molar refractivity (Wildman–Crippen MR) is 129 cm³/mol. The fourth-order valence-electron chi connectivity index (χ4n) is 4.18. The van der Waals surface area contributed by atoms with E-state index in [-0.39, 0.29) is 35.5 Å². The number of methoxy groups -OCH3 is 1. The van der Waals surface area contributed by atoms with Gasteiger partial charge in [0.15, 0.2) is 12.4 Å². The smallest absolute Gasteiger partial charge is 0.330 e.